The molecule has 0 fully saturated rings. The van der Waals surface area contributed by atoms with E-state index in [-0.39, 0.29) is 24.8 Å². The summed E-state index contributed by atoms with van der Waals surface area (Å²) in [5.41, 5.74) is 0. The van der Waals surface area contributed by atoms with E-state index >= 15 is 0 Å². The van der Waals surface area contributed by atoms with Crippen LogP contribution < -0.4 is 0 Å². The predicted octanol–water partition coefficient (Wildman–Crippen LogP) is 5.54. The minimum atomic E-state index is -2.39. The number of rotatable bonds is 18. The quantitative estimate of drug-likeness (QED) is 0.237. The summed E-state index contributed by atoms with van der Waals surface area (Å²) in [5, 5.41) is 0. The summed E-state index contributed by atoms with van der Waals surface area (Å²) in [6, 6.07) is 0. The molecule has 0 aliphatic carbocycles. The summed E-state index contributed by atoms with van der Waals surface area (Å²) in [6.07, 6.45) is 11.7. The molecule has 0 heterocycles. The van der Waals surface area contributed by atoms with Crippen molar-refractivity contribution in [1.29, 1.82) is 0 Å². The fraction of sp³-hybridized carbons (Fsp3) is 0.889. The lowest BCUT2D eigenvalue weighted by molar-refractivity contribution is -0.121. The maximum Gasteiger partial charge on any atom is 0.698 e. The van der Waals surface area contributed by atoms with Gasteiger partial charge in [0.05, 0.1) is 0 Å². The first-order valence-corrected chi connectivity index (χ1v) is 10.5. The van der Waals surface area contributed by atoms with Gasteiger partial charge in [0.15, 0.2) is 24.8 Å². The average Bonchev–Trinajstić information content (AvgIpc) is 2.57. The zero-order chi connectivity index (χ0) is 18.0. The lowest BCUT2D eigenvalue weighted by Crippen LogP contribution is -2.08. The molecule has 0 aliphatic heterocycles. The van der Waals surface area contributed by atoms with Crippen LogP contribution in [0.15, 0.2) is 0 Å². The lowest BCUT2D eigenvalue weighted by Gasteiger charge is -1.99. The summed E-state index contributed by atoms with van der Waals surface area (Å²) in [7, 11) is -2.39. The summed E-state index contributed by atoms with van der Waals surface area (Å²) < 4.78 is 21.2. The van der Waals surface area contributed by atoms with Crippen LogP contribution in [-0.2, 0) is 23.2 Å². The molecule has 24 heavy (non-hydrogen) atoms. The Kier molecular flexibility index (Phi) is 16.7. The second-order valence-electron chi connectivity index (χ2n) is 6.18. The molecular formula is C18H34O5P+. The number of ketones is 2. The SMILES string of the molecule is CCCCCCCC(=O)CO[P+](=O)OCC(=O)CCCCCCC. The Labute approximate surface area is 147 Å². The molecular weight excluding hydrogens is 327 g/mol. The van der Waals surface area contributed by atoms with Gasteiger partial charge in [0, 0.05) is 17.4 Å². The Bertz CT molecular complexity index is 325. The van der Waals surface area contributed by atoms with Crippen molar-refractivity contribution in [3.63, 3.8) is 0 Å². The molecule has 5 nitrogen and oxygen atoms in total. The second kappa shape index (κ2) is 17.2. The van der Waals surface area contributed by atoms with Gasteiger partial charge in [-0.25, -0.2) is 0 Å². The van der Waals surface area contributed by atoms with E-state index in [1.807, 2.05) is 0 Å². The Morgan fingerprint density at radius 1 is 0.667 bits per heavy atom. The molecule has 0 aromatic heterocycles. The van der Waals surface area contributed by atoms with E-state index in [2.05, 4.69) is 13.8 Å². The summed E-state index contributed by atoms with van der Waals surface area (Å²) in [6.45, 7) is 3.89. The smallest absolute Gasteiger partial charge is 0.297 e. The van der Waals surface area contributed by atoms with Crippen molar-refractivity contribution in [3.05, 3.63) is 0 Å². The third-order valence-corrected chi connectivity index (χ3v) is 4.46. The maximum atomic E-state index is 11.6. The van der Waals surface area contributed by atoms with E-state index in [0.29, 0.717) is 12.8 Å². The van der Waals surface area contributed by atoms with Gasteiger partial charge < -0.3 is 0 Å². The molecule has 0 amide bonds. The van der Waals surface area contributed by atoms with Gasteiger partial charge in [0.2, 0.25) is 0 Å². The molecule has 0 unspecified atom stereocenters. The monoisotopic (exact) mass is 361 g/mol. The highest BCUT2D eigenvalue weighted by Crippen LogP contribution is 2.23. The fourth-order valence-electron chi connectivity index (χ4n) is 2.28. The molecule has 0 radical (unpaired) electrons. The minimum Gasteiger partial charge on any atom is -0.297 e. The van der Waals surface area contributed by atoms with E-state index < -0.39 is 8.25 Å². The van der Waals surface area contributed by atoms with Gasteiger partial charge in [-0.05, 0) is 12.8 Å². The number of hydrogen-bond donors (Lipinski definition) is 0. The minimum absolute atomic E-state index is 0.0688. The molecule has 0 bridgehead atoms. The van der Waals surface area contributed by atoms with Crippen molar-refractivity contribution >= 4 is 19.8 Å². The summed E-state index contributed by atoms with van der Waals surface area (Å²) >= 11 is 0. The van der Waals surface area contributed by atoms with Crippen LogP contribution >= 0.6 is 8.25 Å². The van der Waals surface area contributed by atoms with Crippen molar-refractivity contribution in [1.82, 2.24) is 0 Å². The van der Waals surface area contributed by atoms with E-state index in [1.165, 1.54) is 25.7 Å². The van der Waals surface area contributed by atoms with E-state index in [1.54, 1.807) is 0 Å². The maximum absolute atomic E-state index is 11.6. The van der Waals surface area contributed by atoms with Crippen LogP contribution in [0.5, 0.6) is 0 Å². The van der Waals surface area contributed by atoms with E-state index in [4.69, 9.17) is 9.05 Å². The molecule has 0 aliphatic rings. The van der Waals surface area contributed by atoms with Crippen molar-refractivity contribution in [3.8, 4) is 0 Å². The lowest BCUT2D eigenvalue weighted by atomic mass is 10.1. The molecule has 0 spiro atoms. The largest absolute Gasteiger partial charge is 0.698 e. The normalized spacial score (nSPS) is 10.8. The van der Waals surface area contributed by atoms with Gasteiger partial charge in [0.25, 0.3) is 0 Å². The van der Waals surface area contributed by atoms with Crippen LogP contribution in [0, 0.1) is 0 Å². The van der Waals surface area contributed by atoms with E-state index in [0.717, 1.165) is 38.5 Å². The van der Waals surface area contributed by atoms with Crippen LogP contribution in [0.1, 0.15) is 90.9 Å². The first-order valence-electron chi connectivity index (χ1n) is 9.36. The molecule has 0 saturated carbocycles. The van der Waals surface area contributed by atoms with Crippen molar-refractivity contribution in [2.45, 2.75) is 90.9 Å². The predicted molar refractivity (Wildman–Crippen MR) is 96.3 cm³/mol. The summed E-state index contributed by atoms with van der Waals surface area (Å²) in [4.78, 5) is 23.1. The number of unbranched alkanes of at least 4 members (excludes halogenated alkanes) is 8. The topological polar surface area (TPSA) is 69.7 Å². The highest BCUT2D eigenvalue weighted by molar-refractivity contribution is 7.33. The fourth-order valence-corrected chi connectivity index (χ4v) is 2.86. The third-order valence-electron chi connectivity index (χ3n) is 3.78. The zero-order valence-electron chi connectivity index (χ0n) is 15.4. The number of hydrogen-bond acceptors (Lipinski definition) is 5. The van der Waals surface area contributed by atoms with Gasteiger partial charge in [-0.3, -0.25) is 9.59 Å². The van der Waals surface area contributed by atoms with Crippen molar-refractivity contribution in [2.75, 3.05) is 13.2 Å². The molecule has 6 heteroatoms. The molecule has 0 aromatic rings. The third kappa shape index (κ3) is 16.2. The molecule has 0 saturated heterocycles. The second-order valence-corrected chi connectivity index (χ2v) is 7.14. The molecule has 0 atom stereocenters. The molecule has 0 aromatic carbocycles. The van der Waals surface area contributed by atoms with Gasteiger partial charge in [-0.2, -0.15) is 0 Å². The first kappa shape index (κ1) is 23.4. The number of carbonyl (C=O) groups excluding carboxylic acids is 2. The highest BCUT2D eigenvalue weighted by atomic mass is 31.1. The standard InChI is InChI=1S/C18H34O5P/c1-3-5-7-9-11-13-17(19)15-22-24(21)23-16-18(20)14-12-10-8-6-4-2/h3-16H2,1-2H3/q+1. The Morgan fingerprint density at radius 3 is 1.42 bits per heavy atom. The molecule has 0 rings (SSSR count). The summed E-state index contributed by atoms with van der Waals surface area (Å²) in [5.74, 6) is -0.138. The Hall–Kier alpha value is -0.640. The first-order chi connectivity index (χ1) is 11.6. The average molecular weight is 361 g/mol. The van der Waals surface area contributed by atoms with Crippen LogP contribution in [0.25, 0.3) is 0 Å². The zero-order valence-corrected chi connectivity index (χ0v) is 16.3. The molecule has 140 valence electrons. The van der Waals surface area contributed by atoms with Crippen LogP contribution in [0.2, 0.25) is 0 Å². The van der Waals surface area contributed by atoms with Crippen LogP contribution in [-0.4, -0.2) is 24.8 Å². The van der Waals surface area contributed by atoms with Gasteiger partial charge in [0.1, 0.15) is 0 Å². The van der Waals surface area contributed by atoms with Gasteiger partial charge >= 0.3 is 8.25 Å². The number of carbonyl (C=O) groups is 2. The van der Waals surface area contributed by atoms with Crippen molar-refractivity contribution < 1.29 is 23.2 Å². The highest BCUT2D eigenvalue weighted by Gasteiger charge is 2.23. The van der Waals surface area contributed by atoms with Crippen molar-refractivity contribution in [2.24, 2.45) is 0 Å². The van der Waals surface area contributed by atoms with E-state index in [9.17, 15) is 14.2 Å². The Balaban J connectivity index is 3.53. The van der Waals surface area contributed by atoms with Crippen LogP contribution in [0.4, 0.5) is 0 Å². The van der Waals surface area contributed by atoms with Crippen LogP contribution in [0.3, 0.4) is 0 Å². The Morgan fingerprint density at radius 2 is 1.04 bits per heavy atom. The number of Topliss-reactive ketones (excluding diaryl/α,β-unsaturated/α-hetero) is 2. The van der Waals surface area contributed by atoms with Gasteiger partial charge in [-0.15, -0.1) is 9.05 Å². The molecule has 0 N–H and O–H groups in total. The van der Waals surface area contributed by atoms with Gasteiger partial charge in [-0.1, -0.05) is 65.2 Å².